The Morgan fingerprint density at radius 3 is 2.58 bits per heavy atom. The van der Waals surface area contributed by atoms with Gasteiger partial charge >= 0.3 is 0 Å². The molecule has 1 N–H and O–H groups in total. The molecule has 0 bridgehead atoms. The molecule has 19 heavy (non-hydrogen) atoms. The molecule has 0 saturated heterocycles. The van der Waals surface area contributed by atoms with Crippen molar-refractivity contribution in [2.75, 3.05) is 0 Å². The Morgan fingerprint density at radius 2 is 2.00 bits per heavy atom. The lowest BCUT2D eigenvalue weighted by atomic mass is 10.1. The van der Waals surface area contributed by atoms with Crippen LogP contribution in [0.1, 0.15) is 24.3 Å². The molecule has 1 heterocycles. The molecule has 2 aromatic rings. The van der Waals surface area contributed by atoms with Crippen molar-refractivity contribution < 1.29 is 13.9 Å². The average Bonchev–Trinajstić information content (AvgIpc) is 2.35. The first-order valence-corrected chi connectivity index (χ1v) is 6.36. The van der Waals surface area contributed by atoms with E-state index in [4.69, 9.17) is 0 Å². The molecule has 0 fully saturated rings. The van der Waals surface area contributed by atoms with Crippen molar-refractivity contribution >= 4 is 15.9 Å². The topological polar surface area (TPSA) is 46.0 Å². The van der Waals surface area contributed by atoms with Crippen molar-refractivity contribution in [1.29, 1.82) is 0 Å². The summed E-state index contributed by atoms with van der Waals surface area (Å²) >= 11 is 3.00. The molecular formula is C13H11BrF2N2O. The molecule has 3 nitrogen and oxygen atoms in total. The van der Waals surface area contributed by atoms with Gasteiger partial charge in [0.1, 0.15) is 0 Å². The van der Waals surface area contributed by atoms with E-state index in [0.717, 1.165) is 6.07 Å². The van der Waals surface area contributed by atoms with Gasteiger partial charge < -0.3 is 5.11 Å². The summed E-state index contributed by atoms with van der Waals surface area (Å²) in [4.78, 5) is 8.28. The van der Waals surface area contributed by atoms with E-state index in [1.165, 1.54) is 12.3 Å². The summed E-state index contributed by atoms with van der Waals surface area (Å²) in [5.41, 5.74) is 1.55. The van der Waals surface area contributed by atoms with Gasteiger partial charge in [0.2, 0.25) is 0 Å². The van der Waals surface area contributed by atoms with Gasteiger partial charge in [0.15, 0.2) is 17.5 Å². The zero-order chi connectivity index (χ0) is 14.2. The van der Waals surface area contributed by atoms with Crippen LogP contribution >= 0.6 is 15.9 Å². The number of aliphatic hydroxyl groups excluding tert-OH is 1. The van der Waals surface area contributed by atoms with Gasteiger partial charge in [-0.15, -0.1) is 0 Å². The first kappa shape index (κ1) is 14.0. The number of benzene rings is 1. The summed E-state index contributed by atoms with van der Waals surface area (Å²) in [5, 5.41) is 9.50. The minimum absolute atomic E-state index is 0.0169. The molecule has 0 radical (unpaired) electrons. The predicted molar refractivity (Wildman–Crippen MR) is 70.5 cm³/mol. The summed E-state index contributed by atoms with van der Waals surface area (Å²) in [5.74, 6) is -1.64. The molecule has 1 aromatic heterocycles. The fraction of sp³-hybridized carbons (Fsp3) is 0.231. The van der Waals surface area contributed by atoms with Crippen LogP contribution in [-0.4, -0.2) is 15.1 Å². The van der Waals surface area contributed by atoms with Gasteiger partial charge in [0.25, 0.3) is 0 Å². The van der Waals surface area contributed by atoms with Crippen LogP contribution in [0.3, 0.4) is 0 Å². The Balaban J connectivity index is 2.55. The molecule has 2 rings (SSSR count). The summed E-state index contributed by atoms with van der Waals surface area (Å²) in [6.45, 7) is 3.33. The van der Waals surface area contributed by atoms with Crippen molar-refractivity contribution in [3.05, 3.63) is 45.7 Å². The Labute approximate surface area is 117 Å². The molecule has 0 saturated carbocycles. The number of rotatable bonds is 2. The smallest absolute Gasteiger partial charge is 0.173 e. The SMILES string of the molecule is Cc1nc(-c2ccc(F)c(F)c2Br)ncc1C(C)O. The molecule has 0 aliphatic rings. The lowest BCUT2D eigenvalue weighted by Gasteiger charge is -2.10. The van der Waals surface area contributed by atoms with E-state index < -0.39 is 17.7 Å². The summed E-state index contributed by atoms with van der Waals surface area (Å²) in [6.07, 6.45) is 0.804. The van der Waals surface area contributed by atoms with E-state index in [2.05, 4.69) is 25.9 Å². The third-order valence-electron chi connectivity index (χ3n) is 2.74. The van der Waals surface area contributed by atoms with Crippen molar-refractivity contribution in [3.63, 3.8) is 0 Å². The van der Waals surface area contributed by atoms with Crippen LogP contribution in [0.4, 0.5) is 8.78 Å². The average molecular weight is 329 g/mol. The number of hydrogen-bond acceptors (Lipinski definition) is 3. The van der Waals surface area contributed by atoms with Crippen molar-refractivity contribution in [2.45, 2.75) is 20.0 Å². The Morgan fingerprint density at radius 1 is 1.32 bits per heavy atom. The Bertz CT molecular complexity index is 632. The highest BCUT2D eigenvalue weighted by atomic mass is 79.9. The molecule has 1 atom stereocenters. The number of nitrogens with zero attached hydrogens (tertiary/aromatic N) is 2. The maximum atomic E-state index is 13.5. The minimum atomic E-state index is -0.974. The van der Waals surface area contributed by atoms with Crippen LogP contribution in [0, 0.1) is 18.6 Å². The summed E-state index contributed by atoms with van der Waals surface area (Å²) in [6, 6.07) is 2.43. The normalized spacial score (nSPS) is 12.5. The van der Waals surface area contributed by atoms with E-state index in [-0.39, 0.29) is 10.3 Å². The molecule has 0 aliphatic carbocycles. The zero-order valence-corrected chi connectivity index (χ0v) is 11.9. The van der Waals surface area contributed by atoms with Gasteiger partial charge in [0.05, 0.1) is 10.6 Å². The summed E-state index contributed by atoms with van der Waals surface area (Å²) in [7, 11) is 0. The van der Waals surface area contributed by atoms with Crippen LogP contribution in [0.25, 0.3) is 11.4 Å². The lowest BCUT2D eigenvalue weighted by molar-refractivity contribution is 0.197. The third-order valence-corrected chi connectivity index (χ3v) is 3.52. The highest BCUT2D eigenvalue weighted by Gasteiger charge is 2.16. The van der Waals surface area contributed by atoms with E-state index in [0.29, 0.717) is 16.8 Å². The third kappa shape index (κ3) is 2.64. The molecule has 0 amide bonds. The van der Waals surface area contributed by atoms with Crippen molar-refractivity contribution in [2.24, 2.45) is 0 Å². The van der Waals surface area contributed by atoms with Crippen LogP contribution in [-0.2, 0) is 0 Å². The molecule has 1 aromatic carbocycles. The van der Waals surface area contributed by atoms with Crippen LogP contribution < -0.4 is 0 Å². The lowest BCUT2D eigenvalue weighted by Crippen LogP contribution is -2.02. The van der Waals surface area contributed by atoms with Crippen LogP contribution in [0.2, 0.25) is 0 Å². The summed E-state index contributed by atoms with van der Waals surface area (Å²) < 4.78 is 26.5. The first-order chi connectivity index (χ1) is 8.91. The second-order valence-electron chi connectivity index (χ2n) is 4.13. The molecule has 6 heteroatoms. The standard InChI is InChI=1S/C13H11BrF2N2O/c1-6-9(7(2)19)5-17-13(18-6)8-3-4-10(15)12(16)11(8)14/h3-5,7,19H,1-2H3. The largest absolute Gasteiger partial charge is 0.389 e. The maximum absolute atomic E-state index is 13.5. The van der Waals surface area contributed by atoms with Gasteiger partial charge in [0, 0.05) is 23.0 Å². The number of aliphatic hydroxyl groups is 1. The van der Waals surface area contributed by atoms with Gasteiger partial charge in [-0.1, -0.05) is 0 Å². The monoisotopic (exact) mass is 328 g/mol. The number of aromatic nitrogens is 2. The van der Waals surface area contributed by atoms with Gasteiger partial charge in [-0.2, -0.15) is 0 Å². The van der Waals surface area contributed by atoms with E-state index >= 15 is 0 Å². The zero-order valence-electron chi connectivity index (χ0n) is 10.3. The van der Waals surface area contributed by atoms with Crippen molar-refractivity contribution in [3.8, 4) is 11.4 Å². The fourth-order valence-electron chi connectivity index (χ4n) is 1.71. The second kappa shape index (κ2) is 5.30. The number of aryl methyl sites for hydroxylation is 1. The minimum Gasteiger partial charge on any atom is -0.389 e. The molecular weight excluding hydrogens is 318 g/mol. The van der Waals surface area contributed by atoms with Gasteiger partial charge in [-0.3, -0.25) is 0 Å². The second-order valence-corrected chi connectivity index (χ2v) is 4.93. The molecule has 0 spiro atoms. The predicted octanol–water partition coefficient (Wildman–Crippen LogP) is 3.55. The van der Waals surface area contributed by atoms with E-state index in [9.17, 15) is 13.9 Å². The van der Waals surface area contributed by atoms with Crippen LogP contribution in [0.5, 0.6) is 0 Å². The highest BCUT2D eigenvalue weighted by Crippen LogP contribution is 2.30. The van der Waals surface area contributed by atoms with Gasteiger partial charge in [-0.05, 0) is 41.9 Å². The molecule has 0 aliphatic heterocycles. The van der Waals surface area contributed by atoms with E-state index in [1.807, 2.05) is 0 Å². The molecule has 100 valence electrons. The molecule has 1 unspecified atom stereocenters. The number of halogens is 3. The van der Waals surface area contributed by atoms with Crippen molar-refractivity contribution in [1.82, 2.24) is 9.97 Å². The van der Waals surface area contributed by atoms with E-state index in [1.54, 1.807) is 13.8 Å². The Hall–Kier alpha value is -1.40. The first-order valence-electron chi connectivity index (χ1n) is 5.57. The fourth-order valence-corrected chi connectivity index (χ4v) is 2.21. The quantitative estimate of drug-likeness (QED) is 0.857. The highest BCUT2D eigenvalue weighted by molar-refractivity contribution is 9.10. The number of hydrogen-bond donors (Lipinski definition) is 1. The van der Waals surface area contributed by atoms with Gasteiger partial charge in [-0.25, -0.2) is 18.7 Å². The van der Waals surface area contributed by atoms with Crippen LogP contribution in [0.15, 0.2) is 22.8 Å². The maximum Gasteiger partial charge on any atom is 0.173 e. The Kier molecular flexibility index (Phi) is 3.91.